The maximum atomic E-state index is 4.85. The minimum atomic E-state index is 0.859. The van der Waals surface area contributed by atoms with E-state index >= 15 is 0 Å². The Morgan fingerprint density at radius 1 is 1.16 bits per heavy atom. The number of aromatic nitrogens is 2. The normalized spacial score (nSPS) is 21.1. The average molecular weight is 253 g/mol. The molecule has 1 aliphatic carbocycles. The molecule has 1 saturated carbocycles. The van der Waals surface area contributed by atoms with Gasteiger partial charge < -0.3 is 4.57 Å². The number of rotatable bonds is 1. The first kappa shape index (κ1) is 11.5. The lowest BCUT2D eigenvalue weighted by molar-refractivity contribution is 0.130. The van der Waals surface area contributed by atoms with Crippen molar-refractivity contribution in [2.24, 2.45) is 0 Å². The van der Waals surface area contributed by atoms with Gasteiger partial charge in [0.05, 0.1) is 11.0 Å². The summed E-state index contributed by atoms with van der Waals surface area (Å²) >= 11 is 0. The van der Waals surface area contributed by atoms with Crippen molar-refractivity contribution >= 4 is 24.3 Å². The molecule has 2 aliphatic rings. The van der Waals surface area contributed by atoms with Crippen molar-refractivity contribution in [1.82, 2.24) is 14.5 Å². The van der Waals surface area contributed by atoms with Crippen molar-refractivity contribution in [1.29, 1.82) is 0 Å². The molecule has 1 aromatic heterocycles. The van der Waals surface area contributed by atoms with Crippen LogP contribution in [0.4, 0.5) is 0 Å². The van der Waals surface area contributed by atoms with Crippen molar-refractivity contribution in [3.8, 4) is 0 Å². The van der Waals surface area contributed by atoms with Gasteiger partial charge in [-0.05, 0) is 25.0 Å². The van der Waals surface area contributed by atoms with Crippen LogP contribution in [0.5, 0.6) is 0 Å². The molecule has 0 N–H and O–H groups in total. The fraction of sp³-hybridized carbons (Fsp3) is 0.533. The van der Waals surface area contributed by atoms with Crippen LogP contribution in [-0.2, 0) is 13.0 Å². The lowest BCUT2D eigenvalue weighted by atomic mass is 9.91. The number of fused-ring (bicyclic) bond motifs is 3. The monoisotopic (exact) mass is 253 g/mol. The Morgan fingerprint density at radius 3 is 2.84 bits per heavy atom. The van der Waals surface area contributed by atoms with Gasteiger partial charge in [-0.3, -0.25) is 4.90 Å². The van der Waals surface area contributed by atoms with Gasteiger partial charge in [-0.25, -0.2) is 4.98 Å². The van der Waals surface area contributed by atoms with Crippen LogP contribution in [0.25, 0.3) is 11.0 Å². The Kier molecular flexibility index (Phi) is 2.66. The van der Waals surface area contributed by atoms with Crippen LogP contribution >= 0.6 is 0 Å². The number of nitrogens with zero attached hydrogens (tertiary/aromatic N) is 3. The van der Waals surface area contributed by atoms with E-state index in [0.717, 1.165) is 19.0 Å². The maximum absolute atomic E-state index is 4.85. The van der Waals surface area contributed by atoms with E-state index < -0.39 is 0 Å². The molecule has 98 valence electrons. The molecule has 2 aromatic rings. The summed E-state index contributed by atoms with van der Waals surface area (Å²) in [6.45, 7) is 3.48. The third-order valence-electron chi connectivity index (χ3n) is 4.81. The van der Waals surface area contributed by atoms with Crippen LogP contribution in [-0.4, -0.2) is 41.4 Å². The predicted octanol–water partition coefficient (Wildman–Crippen LogP) is 0.705. The second kappa shape index (κ2) is 4.38. The van der Waals surface area contributed by atoms with E-state index in [-0.39, 0.29) is 0 Å². The number of benzene rings is 1. The molecule has 4 heteroatoms. The SMILES string of the molecule is Bc1ccc2c(c1)nc1n2CCN(C2CCC2)CC1. The van der Waals surface area contributed by atoms with Crippen LogP contribution in [0.2, 0.25) is 0 Å². The second-order valence-corrected chi connectivity index (χ2v) is 6.04. The van der Waals surface area contributed by atoms with Gasteiger partial charge in [0.2, 0.25) is 0 Å². The van der Waals surface area contributed by atoms with E-state index in [9.17, 15) is 0 Å². The average Bonchev–Trinajstić information content (AvgIpc) is 2.54. The Bertz CT molecular complexity index is 615. The molecule has 1 aliphatic heterocycles. The van der Waals surface area contributed by atoms with E-state index in [0.29, 0.717) is 0 Å². The van der Waals surface area contributed by atoms with Gasteiger partial charge >= 0.3 is 0 Å². The van der Waals surface area contributed by atoms with E-state index in [2.05, 4.69) is 35.5 Å². The molecular weight excluding hydrogens is 233 g/mol. The second-order valence-electron chi connectivity index (χ2n) is 6.04. The largest absolute Gasteiger partial charge is 0.327 e. The molecule has 2 heterocycles. The highest BCUT2D eigenvalue weighted by atomic mass is 15.2. The molecule has 0 amide bonds. The summed E-state index contributed by atoms with van der Waals surface area (Å²) in [5, 5.41) is 0. The van der Waals surface area contributed by atoms with E-state index in [1.165, 1.54) is 54.7 Å². The summed E-state index contributed by atoms with van der Waals surface area (Å²) in [6.07, 6.45) is 5.34. The van der Waals surface area contributed by atoms with Crippen molar-refractivity contribution in [3.05, 3.63) is 24.0 Å². The summed E-state index contributed by atoms with van der Waals surface area (Å²) in [7, 11) is 2.14. The Morgan fingerprint density at radius 2 is 2.05 bits per heavy atom. The van der Waals surface area contributed by atoms with Gasteiger partial charge in [0.15, 0.2) is 0 Å². The van der Waals surface area contributed by atoms with Crippen molar-refractivity contribution < 1.29 is 0 Å². The molecular formula is C15H20BN3. The first-order valence-electron chi connectivity index (χ1n) is 7.51. The zero-order valence-corrected chi connectivity index (χ0v) is 11.6. The van der Waals surface area contributed by atoms with Crippen LogP contribution in [0, 0.1) is 0 Å². The fourth-order valence-corrected chi connectivity index (χ4v) is 3.43. The van der Waals surface area contributed by atoms with Crippen molar-refractivity contribution in [2.45, 2.75) is 38.3 Å². The minimum Gasteiger partial charge on any atom is -0.327 e. The van der Waals surface area contributed by atoms with Crippen molar-refractivity contribution in [3.63, 3.8) is 0 Å². The van der Waals surface area contributed by atoms with Gasteiger partial charge in [0.25, 0.3) is 0 Å². The maximum Gasteiger partial charge on any atom is 0.139 e. The van der Waals surface area contributed by atoms with E-state index in [1.807, 2.05) is 0 Å². The number of hydrogen-bond acceptors (Lipinski definition) is 2. The molecule has 0 radical (unpaired) electrons. The van der Waals surface area contributed by atoms with Crippen molar-refractivity contribution in [2.75, 3.05) is 13.1 Å². The third kappa shape index (κ3) is 1.89. The highest BCUT2D eigenvalue weighted by molar-refractivity contribution is 6.33. The Labute approximate surface area is 115 Å². The minimum absolute atomic E-state index is 0.859. The van der Waals surface area contributed by atoms with Crippen LogP contribution in [0.1, 0.15) is 25.1 Å². The summed E-state index contributed by atoms with van der Waals surface area (Å²) < 4.78 is 2.44. The summed E-state index contributed by atoms with van der Waals surface area (Å²) in [5.74, 6) is 1.28. The molecule has 0 atom stereocenters. The molecule has 1 aromatic carbocycles. The summed E-state index contributed by atoms with van der Waals surface area (Å²) in [4.78, 5) is 7.53. The Hall–Kier alpha value is -1.29. The van der Waals surface area contributed by atoms with Crippen LogP contribution in [0.3, 0.4) is 0 Å². The highest BCUT2D eigenvalue weighted by Crippen LogP contribution is 2.27. The van der Waals surface area contributed by atoms with E-state index in [1.54, 1.807) is 0 Å². The predicted molar refractivity (Wildman–Crippen MR) is 80.8 cm³/mol. The molecule has 1 fully saturated rings. The Balaban J connectivity index is 1.66. The van der Waals surface area contributed by atoms with Gasteiger partial charge in [-0.1, -0.05) is 17.9 Å². The molecule has 4 rings (SSSR count). The first-order valence-corrected chi connectivity index (χ1v) is 7.51. The lowest BCUT2D eigenvalue weighted by Crippen LogP contribution is -2.41. The zero-order chi connectivity index (χ0) is 12.8. The smallest absolute Gasteiger partial charge is 0.139 e. The topological polar surface area (TPSA) is 21.1 Å². The third-order valence-corrected chi connectivity index (χ3v) is 4.81. The summed E-state index contributed by atoms with van der Waals surface area (Å²) in [5.41, 5.74) is 3.79. The van der Waals surface area contributed by atoms with Gasteiger partial charge in [0.1, 0.15) is 13.7 Å². The standard InChI is InChI=1S/C15H20BN3/c16-11-4-5-14-13(10-11)17-15-6-7-18(8-9-19(14)15)12-2-1-3-12/h4-5,10,12H,1-3,6-9,16H2. The lowest BCUT2D eigenvalue weighted by Gasteiger charge is -2.36. The molecule has 3 nitrogen and oxygen atoms in total. The van der Waals surface area contributed by atoms with Crippen LogP contribution in [0.15, 0.2) is 18.2 Å². The quantitative estimate of drug-likeness (QED) is 0.698. The molecule has 0 bridgehead atoms. The molecule has 0 saturated heterocycles. The molecule has 0 unspecified atom stereocenters. The first-order chi connectivity index (χ1) is 9.31. The van der Waals surface area contributed by atoms with E-state index in [4.69, 9.17) is 4.98 Å². The fourth-order valence-electron chi connectivity index (χ4n) is 3.43. The zero-order valence-electron chi connectivity index (χ0n) is 11.6. The van der Waals surface area contributed by atoms with Crippen LogP contribution < -0.4 is 5.46 Å². The van der Waals surface area contributed by atoms with Gasteiger partial charge in [-0.15, -0.1) is 0 Å². The van der Waals surface area contributed by atoms with Gasteiger partial charge in [-0.2, -0.15) is 0 Å². The molecule has 19 heavy (non-hydrogen) atoms. The van der Waals surface area contributed by atoms with Gasteiger partial charge in [0, 0.05) is 32.1 Å². The molecule has 0 spiro atoms. The number of imidazole rings is 1. The number of hydrogen-bond donors (Lipinski definition) is 0. The highest BCUT2D eigenvalue weighted by Gasteiger charge is 2.27. The summed E-state index contributed by atoms with van der Waals surface area (Å²) in [6, 6.07) is 7.50.